The maximum atomic E-state index is 5.23. The number of aryl methyl sites for hydroxylation is 1. The molecule has 2 heterocycles. The number of rotatable bonds is 3. The molecule has 0 radical (unpaired) electrons. The summed E-state index contributed by atoms with van der Waals surface area (Å²) >= 11 is 7.08. The van der Waals surface area contributed by atoms with E-state index in [9.17, 15) is 0 Å². The topological polar surface area (TPSA) is 46.5 Å². The van der Waals surface area contributed by atoms with E-state index < -0.39 is 0 Å². The van der Waals surface area contributed by atoms with Crippen LogP contribution in [-0.2, 0) is 12.8 Å². The van der Waals surface area contributed by atoms with Crippen LogP contribution in [0.1, 0.15) is 26.6 Å². The normalized spacial score (nSPS) is 11.8. The van der Waals surface area contributed by atoms with E-state index in [1.807, 2.05) is 37.3 Å². The monoisotopic (exact) mass is 294 g/mol. The SMILES string of the molecule is Cn1cc(-c2cc(=S)nc(CSC(C)(C)C)[nH]2)cn1. The fourth-order valence-electron chi connectivity index (χ4n) is 1.58. The molecule has 0 unspecified atom stereocenters. The Kier molecular flexibility index (Phi) is 4.10. The average Bonchev–Trinajstić information content (AvgIpc) is 2.72. The van der Waals surface area contributed by atoms with E-state index in [4.69, 9.17) is 12.2 Å². The van der Waals surface area contributed by atoms with Crippen LogP contribution in [0.4, 0.5) is 0 Å². The molecular formula is C13H18N4S2. The number of thioether (sulfide) groups is 1. The fourth-order valence-corrected chi connectivity index (χ4v) is 2.51. The first-order chi connectivity index (χ1) is 8.83. The Balaban J connectivity index is 2.27. The van der Waals surface area contributed by atoms with Crippen molar-refractivity contribution in [2.24, 2.45) is 7.05 Å². The van der Waals surface area contributed by atoms with Gasteiger partial charge < -0.3 is 4.98 Å². The fraction of sp³-hybridized carbons (Fsp3) is 0.462. The van der Waals surface area contributed by atoms with Gasteiger partial charge >= 0.3 is 0 Å². The number of nitrogens with one attached hydrogen (secondary N) is 1. The third kappa shape index (κ3) is 4.18. The minimum Gasteiger partial charge on any atom is -0.342 e. The second-order valence-electron chi connectivity index (χ2n) is 5.38. The van der Waals surface area contributed by atoms with Gasteiger partial charge in [0, 0.05) is 23.6 Å². The highest BCUT2D eigenvalue weighted by molar-refractivity contribution is 7.99. The second-order valence-corrected chi connectivity index (χ2v) is 7.60. The van der Waals surface area contributed by atoms with Crippen molar-refractivity contribution in [1.82, 2.24) is 19.7 Å². The number of aromatic nitrogens is 4. The summed E-state index contributed by atoms with van der Waals surface area (Å²) in [5.41, 5.74) is 2.00. The van der Waals surface area contributed by atoms with Crippen molar-refractivity contribution in [3.05, 3.63) is 28.9 Å². The molecule has 4 nitrogen and oxygen atoms in total. The van der Waals surface area contributed by atoms with Crippen LogP contribution in [0.5, 0.6) is 0 Å². The lowest BCUT2D eigenvalue weighted by Crippen LogP contribution is -2.08. The molecule has 0 saturated heterocycles. The summed E-state index contributed by atoms with van der Waals surface area (Å²) in [6.45, 7) is 6.58. The summed E-state index contributed by atoms with van der Waals surface area (Å²) in [5.74, 6) is 1.73. The van der Waals surface area contributed by atoms with E-state index in [2.05, 4.69) is 35.8 Å². The minimum absolute atomic E-state index is 0.210. The van der Waals surface area contributed by atoms with Crippen molar-refractivity contribution < 1.29 is 0 Å². The highest BCUT2D eigenvalue weighted by Gasteiger charge is 2.12. The van der Waals surface area contributed by atoms with E-state index in [1.54, 1.807) is 4.68 Å². The van der Waals surface area contributed by atoms with E-state index in [0.717, 1.165) is 22.8 Å². The summed E-state index contributed by atoms with van der Waals surface area (Å²) < 4.78 is 2.60. The number of hydrogen-bond donors (Lipinski definition) is 1. The first kappa shape index (κ1) is 14.3. The van der Waals surface area contributed by atoms with Crippen molar-refractivity contribution in [3.63, 3.8) is 0 Å². The lowest BCUT2D eigenvalue weighted by atomic mass is 10.2. The molecule has 2 aromatic rings. The molecule has 1 N–H and O–H groups in total. The zero-order valence-corrected chi connectivity index (χ0v) is 13.2. The Hall–Kier alpha value is -1.14. The van der Waals surface area contributed by atoms with Crippen LogP contribution in [0.25, 0.3) is 11.3 Å². The summed E-state index contributed by atoms with van der Waals surface area (Å²) in [7, 11) is 1.90. The molecule has 0 spiro atoms. The number of hydrogen-bond acceptors (Lipinski definition) is 4. The molecular weight excluding hydrogens is 276 g/mol. The van der Waals surface area contributed by atoms with Gasteiger partial charge in [-0.1, -0.05) is 33.0 Å². The highest BCUT2D eigenvalue weighted by atomic mass is 32.2. The van der Waals surface area contributed by atoms with Gasteiger partial charge in [-0.2, -0.15) is 5.10 Å². The van der Waals surface area contributed by atoms with E-state index in [0.29, 0.717) is 4.64 Å². The van der Waals surface area contributed by atoms with Crippen LogP contribution in [0.3, 0.4) is 0 Å². The van der Waals surface area contributed by atoms with E-state index >= 15 is 0 Å². The predicted molar refractivity (Wildman–Crippen MR) is 82.7 cm³/mol. The van der Waals surface area contributed by atoms with Crippen LogP contribution < -0.4 is 0 Å². The van der Waals surface area contributed by atoms with Gasteiger partial charge in [0.05, 0.1) is 17.6 Å². The molecule has 0 atom stereocenters. The molecule has 0 aliphatic heterocycles. The summed E-state index contributed by atoms with van der Waals surface area (Å²) in [6.07, 6.45) is 3.78. The molecule has 0 aliphatic rings. The second kappa shape index (κ2) is 5.46. The van der Waals surface area contributed by atoms with E-state index in [-0.39, 0.29) is 4.75 Å². The van der Waals surface area contributed by atoms with Crippen LogP contribution >= 0.6 is 24.0 Å². The number of H-pyrrole nitrogens is 1. The molecule has 102 valence electrons. The zero-order chi connectivity index (χ0) is 14.0. The Morgan fingerprint density at radius 3 is 2.74 bits per heavy atom. The van der Waals surface area contributed by atoms with Crippen LogP contribution in [0, 0.1) is 4.64 Å². The molecule has 0 saturated carbocycles. The summed E-state index contributed by atoms with van der Waals surface area (Å²) in [6, 6.07) is 1.87. The summed E-state index contributed by atoms with van der Waals surface area (Å²) in [5, 5.41) is 4.17. The van der Waals surface area contributed by atoms with Gasteiger partial charge in [-0.3, -0.25) is 4.68 Å². The Labute approximate surface area is 122 Å². The van der Waals surface area contributed by atoms with Crippen LogP contribution in [0.15, 0.2) is 18.5 Å². The molecule has 0 fully saturated rings. The highest BCUT2D eigenvalue weighted by Crippen LogP contribution is 2.26. The molecule has 2 rings (SSSR count). The third-order valence-electron chi connectivity index (χ3n) is 2.45. The van der Waals surface area contributed by atoms with Gasteiger partial charge in [-0.05, 0) is 6.07 Å². The molecule has 0 amide bonds. The van der Waals surface area contributed by atoms with E-state index in [1.165, 1.54) is 0 Å². The van der Waals surface area contributed by atoms with Gasteiger partial charge in [0.25, 0.3) is 0 Å². The van der Waals surface area contributed by atoms with Crippen LogP contribution in [0.2, 0.25) is 0 Å². The lowest BCUT2D eigenvalue weighted by Gasteiger charge is -2.17. The minimum atomic E-state index is 0.210. The Morgan fingerprint density at radius 2 is 2.16 bits per heavy atom. The quantitative estimate of drug-likeness (QED) is 0.879. The maximum Gasteiger partial charge on any atom is 0.130 e. The van der Waals surface area contributed by atoms with Crippen LogP contribution in [-0.4, -0.2) is 24.5 Å². The Morgan fingerprint density at radius 1 is 1.42 bits per heavy atom. The molecule has 6 heteroatoms. The first-order valence-electron chi connectivity index (χ1n) is 6.07. The molecule has 19 heavy (non-hydrogen) atoms. The number of nitrogens with zero attached hydrogens (tertiary/aromatic N) is 3. The third-order valence-corrected chi connectivity index (χ3v) is 3.94. The van der Waals surface area contributed by atoms with Gasteiger partial charge in [0.1, 0.15) is 10.5 Å². The average molecular weight is 294 g/mol. The van der Waals surface area contributed by atoms with Gasteiger partial charge in [-0.25, -0.2) is 4.98 Å². The molecule has 0 aromatic carbocycles. The van der Waals surface area contributed by atoms with Crippen molar-refractivity contribution >= 4 is 24.0 Å². The van der Waals surface area contributed by atoms with Gasteiger partial charge in [-0.15, -0.1) is 11.8 Å². The maximum absolute atomic E-state index is 5.23. The summed E-state index contributed by atoms with van der Waals surface area (Å²) in [4.78, 5) is 7.72. The molecule has 2 aromatic heterocycles. The van der Waals surface area contributed by atoms with Crippen molar-refractivity contribution in [1.29, 1.82) is 0 Å². The zero-order valence-electron chi connectivity index (χ0n) is 11.6. The van der Waals surface area contributed by atoms with Gasteiger partial charge in [0.15, 0.2) is 0 Å². The van der Waals surface area contributed by atoms with Crippen molar-refractivity contribution in [2.45, 2.75) is 31.3 Å². The standard InChI is InChI=1S/C13H18N4S2/c1-13(2,3)19-8-11-15-10(5-12(18)16-11)9-6-14-17(4)7-9/h5-7H,8H2,1-4H3,(H,15,16,18). The predicted octanol–water partition coefficient (Wildman–Crippen LogP) is 3.57. The largest absolute Gasteiger partial charge is 0.342 e. The molecule has 0 aliphatic carbocycles. The molecule has 0 bridgehead atoms. The number of aromatic amines is 1. The first-order valence-corrected chi connectivity index (χ1v) is 7.46. The van der Waals surface area contributed by atoms with Gasteiger partial charge in [0.2, 0.25) is 0 Å². The smallest absolute Gasteiger partial charge is 0.130 e. The van der Waals surface area contributed by atoms with Crippen molar-refractivity contribution in [3.8, 4) is 11.3 Å². The Bertz CT molecular complexity index is 622. The lowest BCUT2D eigenvalue weighted by molar-refractivity contribution is 0.768. The van der Waals surface area contributed by atoms with Crippen molar-refractivity contribution in [2.75, 3.05) is 0 Å².